The highest BCUT2D eigenvalue weighted by atomic mass is 16.6. The minimum Gasteiger partial charge on any atom is -0.507 e. The highest BCUT2D eigenvalue weighted by Gasteiger charge is 2.45. The van der Waals surface area contributed by atoms with Gasteiger partial charge < -0.3 is 29.1 Å². The Morgan fingerprint density at radius 2 is 1.73 bits per heavy atom. The van der Waals surface area contributed by atoms with Crippen LogP contribution in [0.4, 0.5) is 0 Å². The topological polar surface area (TPSA) is 88.5 Å². The molecule has 8 nitrogen and oxygen atoms in total. The Bertz CT molecular complexity index is 1140. The van der Waals surface area contributed by atoms with Crippen molar-refractivity contribution in [3.63, 3.8) is 0 Å². The first-order chi connectivity index (χ1) is 18.0. The van der Waals surface area contributed by atoms with Gasteiger partial charge in [0.05, 0.1) is 18.2 Å². The van der Waals surface area contributed by atoms with Gasteiger partial charge in [-0.25, -0.2) is 0 Å². The molecule has 8 heteroatoms. The minimum absolute atomic E-state index is 0.0757. The van der Waals surface area contributed by atoms with Gasteiger partial charge in [0.15, 0.2) is 11.5 Å². The Labute approximate surface area is 218 Å². The van der Waals surface area contributed by atoms with E-state index >= 15 is 0 Å². The lowest BCUT2D eigenvalue weighted by molar-refractivity contribution is -0.140. The number of benzene rings is 2. The Kier molecular flexibility index (Phi) is 8.71. The van der Waals surface area contributed by atoms with E-state index < -0.39 is 17.7 Å². The molecule has 1 atom stereocenters. The molecule has 0 radical (unpaired) electrons. The SMILES string of the molecule is CCCOc1ccc([C@@H]2/C(=C(\O)c3ccc4c(c3)OCCO4)C(=O)C(=O)N2CCCN(CC)CC)cc1. The molecule has 37 heavy (non-hydrogen) atoms. The molecule has 0 saturated carbocycles. The summed E-state index contributed by atoms with van der Waals surface area (Å²) in [4.78, 5) is 30.4. The van der Waals surface area contributed by atoms with E-state index in [1.54, 1.807) is 23.1 Å². The maximum Gasteiger partial charge on any atom is 0.295 e. The van der Waals surface area contributed by atoms with Crippen molar-refractivity contribution in [3.8, 4) is 17.2 Å². The number of ether oxygens (including phenoxy) is 3. The summed E-state index contributed by atoms with van der Waals surface area (Å²) in [6.07, 6.45) is 1.61. The van der Waals surface area contributed by atoms with Gasteiger partial charge in [-0.1, -0.05) is 32.9 Å². The van der Waals surface area contributed by atoms with Crippen molar-refractivity contribution in [2.75, 3.05) is 46.0 Å². The zero-order valence-electron chi connectivity index (χ0n) is 21.9. The normalized spacial score (nSPS) is 18.5. The summed E-state index contributed by atoms with van der Waals surface area (Å²) >= 11 is 0. The molecule has 1 N–H and O–H groups in total. The van der Waals surface area contributed by atoms with Crippen molar-refractivity contribution in [2.24, 2.45) is 0 Å². The third kappa shape index (κ3) is 5.74. The van der Waals surface area contributed by atoms with Gasteiger partial charge in [0.2, 0.25) is 0 Å². The van der Waals surface area contributed by atoms with Crippen LogP contribution in [-0.4, -0.2) is 72.6 Å². The number of likely N-dealkylation sites (tertiary alicyclic amines) is 1. The molecule has 1 fully saturated rings. The van der Waals surface area contributed by atoms with E-state index in [0.29, 0.717) is 49.8 Å². The van der Waals surface area contributed by atoms with Crippen LogP contribution in [0.1, 0.15) is 50.8 Å². The van der Waals surface area contributed by atoms with E-state index in [2.05, 4.69) is 18.7 Å². The largest absolute Gasteiger partial charge is 0.507 e. The Morgan fingerprint density at radius 1 is 1.03 bits per heavy atom. The van der Waals surface area contributed by atoms with Gasteiger partial charge in [-0.05, 0) is 68.4 Å². The summed E-state index contributed by atoms with van der Waals surface area (Å²) < 4.78 is 17.0. The standard InChI is InChI=1S/C29H36N2O6/c1-4-16-35-22-11-8-20(9-12-22)26-25(27(32)21-10-13-23-24(19-21)37-18-17-36-23)28(33)29(34)31(26)15-7-14-30(5-2)6-3/h8-13,19,26,32H,4-7,14-18H2,1-3H3/b27-25+/t26-/m1/s1. The van der Waals surface area contributed by atoms with E-state index in [-0.39, 0.29) is 11.3 Å². The molecule has 0 aliphatic carbocycles. The first kappa shape index (κ1) is 26.5. The monoisotopic (exact) mass is 508 g/mol. The molecule has 2 aromatic carbocycles. The molecular weight excluding hydrogens is 472 g/mol. The van der Waals surface area contributed by atoms with Crippen molar-refractivity contribution in [1.82, 2.24) is 9.80 Å². The van der Waals surface area contributed by atoms with Gasteiger partial charge in [0, 0.05) is 12.1 Å². The van der Waals surface area contributed by atoms with Crippen LogP contribution in [0.5, 0.6) is 17.2 Å². The Morgan fingerprint density at radius 3 is 2.41 bits per heavy atom. The van der Waals surface area contributed by atoms with Gasteiger partial charge >= 0.3 is 0 Å². The highest BCUT2D eigenvalue weighted by Crippen LogP contribution is 2.41. The molecule has 2 heterocycles. The molecule has 0 bridgehead atoms. The van der Waals surface area contributed by atoms with Gasteiger partial charge in [-0.15, -0.1) is 0 Å². The van der Waals surface area contributed by atoms with Crippen LogP contribution >= 0.6 is 0 Å². The van der Waals surface area contributed by atoms with Crippen LogP contribution in [0.3, 0.4) is 0 Å². The van der Waals surface area contributed by atoms with Crippen molar-refractivity contribution in [3.05, 3.63) is 59.2 Å². The van der Waals surface area contributed by atoms with Crippen molar-refractivity contribution in [1.29, 1.82) is 0 Å². The number of carbonyl (C=O) groups is 2. The zero-order chi connectivity index (χ0) is 26.4. The smallest absolute Gasteiger partial charge is 0.295 e. The number of hydrogen-bond donors (Lipinski definition) is 1. The van der Waals surface area contributed by atoms with Crippen LogP contribution in [-0.2, 0) is 9.59 Å². The average molecular weight is 509 g/mol. The van der Waals surface area contributed by atoms with Crippen LogP contribution in [0.15, 0.2) is 48.0 Å². The van der Waals surface area contributed by atoms with E-state index in [1.807, 2.05) is 31.2 Å². The first-order valence-electron chi connectivity index (χ1n) is 13.1. The molecule has 2 aliphatic heterocycles. The lowest BCUT2D eigenvalue weighted by atomic mass is 9.95. The van der Waals surface area contributed by atoms with E-state index in [1.165, 1.54) is 0 Å². The Balaban J connectivity index is 1.71. The predicted octanol–water partition coefficient (Wildman–Crippen LogP) is 4.40. The zero-order valence-corrected chi connectivity index (χ0v) is 21.9. The first-order valence-corrected chi connectivity index (χ1v) is 13.1. The molecule has 0 aromatic heterocycles. The molecule has 198 valence electrons. The molecule has 4 rings (SSSR count). The maximum absolute atomic E-state index is 13.3. The number of carbonyl (C=O) groups excluding carboxylic acids is 2. The Hall–Kier alpha value is -3.52. The van der Waals surface area contributed by atoms with E-state index in [4.69, 9.17) is 14.2 Å². The van der Waals surface area contributed by atoms with Crippen LogP contribution in [0.2, 0.25) is 0 Å². The van der Waals surface area contributed by atoms with Gasteiger partial charge in [0.25, 0.3) is 11.7 Å². The molecule has 1 amide bonds. The van der Waals surface area contributed by atoms with Crippen molar-refractivity contribution in [2.45, 2.75) is 39.7 Å². The fourth-order valence-electron chi connectivity index (χ4n) is 4.77. The van der Waals surface area contributed by atoms with Crippen LogP contribution in [0.25, 0.3) is 5.76 Å². The number of Topliss-reactive ketones (excluding diaryl/α,β-unsaturated/α-hetero) is 1. The fourth-order valence-corrected chi connectivity index (χ4v) is 4.77. The summed E-state index contributed by atoms with van der Waals surface area (Å²) in [5.41, 5.74) is 1.22. The van der Waals surface area contributed by atoms with E-state index in [0.717, 1.165) is 37.4 Å². The number of aliphatic hydroxyl groups excluding tert-OH is 1. The third-order valence-electron chi connectivity index (χ3n) is 6.79. The summed E-state index contributed by atoms with van der Waals surface area (Å²) in [5.74, 6) is 0.284. The second kappa shape index (κ2) is 12.1. The average Bonchev–Trinajstić information content (AvgIpc) is 3.18. The number of hydrogen-bond acceptors (Lipinski definition) is 7. The van der Waals surface area contributed by atoms with Crippen LogP contribution < -0.4 is 14.2 Å². The lowest BCUT2D eigenvalue weighted by Gasteiger charge is -2.27. The summed E-state index contributed by atoms with van der Waals surface area (Å²) in [7, 11) is 0. The van der Waals surface area contributed by atoms with Gasteiger partial charge in [0.1, 0.15) is 24.7 Å². The number of amides is 1. The second-order valence-corrected chi connectivity index (χ2v) is 9.15. The second-order valence-electron chi connectivity index (χ2n) is 9.15. The number of fused-ring (bicyclic) bond motifs is 1. The maximum atomic E-state index is 13.3. The number of nitrogens with zero attached hydrogens (tertiary/aromatic N) is 2. The lowest BCUT2D eigenvalue weighted by Crippen LogP contribution is -2.33. The molecule has 0 unspecified atom stereocenters. The molecular formula is C29H36N2O6. The van der Waals surface area contributed by atoms with Crippen LogP contribution in [0, 0.1) is 0 Å². The van der Waals surface area contributed by atoms with E-state index in [9.17, 15) is 14.7 Å². The molecule has 2 aromatic rings. The molecule has 0 spiro atoms. The predicted molar refractivity (Wildman–Crippen MR) is 141 cm³/mol. The summed E-state index contributed by atoms with van der Waals surface area (Å²) in [5, 5.41) is 11.4. The quantitative estimate of drug-likeness (QED) is 0.273. The van der Waals surface area contributed by atoms with Crippen molar-refractivity contribution >= 4 is 17.4 Å². The fraction of sp³-hybridized carbons (Fsp3) is 0.448. The molecule has 1 saturated heterocycles. The third-order valence-corrected chi connectivity index (χ3v) is 6.79. The van der Waals surface area contributed by atoms with Gasteiger partial charge in [-0.2, -0.15) is 0 Å². The highest BCUT2D eigenvalue weighted by molar-refractivity contribution is 6.46. The summed E-state index contributed by atoms with van der Waals surface area (Å²) in [6, 6.07) is 11.7. The number of ketones is 1. The minimum atomic E-state index is -0.704. The summed E-state index contributed by atoms with van der Waals surface area (Å²) in [6.45, 7) is 10.8. The number of aliphatic hydroxyl groups is 1. The van der Waals surface area contributed by atoms with Crippen molar-refractivity contribution < 1.29 is 28.9 Å². The molecule has 2 aliphatic rings. The van der Waals surface area contributed by atoms with Gasteiger partial charge in [-0.3, -0.25) is 9.59 Å². The number of rotatable bonds is 11.